The molecule has 1 aromatic rings. The van der Waals surface area contributed by atoms with Crippen molar-refractivity contribution in [1.29, 1.82) is 0 Å². The van der Waals surface area contributed by atoms with Crippen molar-refractivity contribution in [2.24, 2.45) is 0 Å². The topological polar surface area (TPSA) is 9.23 Å². The van der Waals surface area contributed by atoms with E-state index >= 15 is 0 Å². The molecule has 1 aliphatic heterocycles. The Hall–Kier alpha value is -0.248. The smallest absolute Gasteiger partial charge is 0.209 e. The van der Waals surface area contributed by atoms with Crippen LogP contribution in [0.15, 0.2) is 24.3 Å². The molecule has 11 heavy (non-hydrogen) atoms. The minimum Gasteiger partial charge on any atom is -0.574 e. The van der Waals surface area contributed by atoms with Gasteiger partial charge in [-0.05, 0) is 0 Å². The van der Waals surface area contributed by atoms with Gasteiger partial charge in [0.25, 0.3) is 0 Å². The van der Waals surface area contributed by atoms with Gasteiger partial charge in [-0.1, -0.05) is 39.9 Å². The summed E-state index contributed by atoms with van der Waals surface area (Å²) in [6, 6.07) is 8.20. The molecule has 1 nitrogen and oxygen atoms in total. The van der Waals surface area contributed by atoms with Gasteiger partial charge in [0.15, 0.2) is 0 Å². The van der Waals surface area contributed by atoms with Gasteiger partial charge in [0.05, 0.1) is 0 Å². The Morgan fingerprint density at radius 1 is 1.45 bits per heavy atom. The molecule has 4 heteroatoms. The molecule has 58 valence electrons. The summed E-state index contributed by atoms with van der Waals surface area (Å²) < 4.78 is 5.50. The monoisotopic (exact) mass is 183 g/mol. The predicted octanol–water partition coefficient (Wildman–Crippen LogP) is -0.0331. The maximum atomic E-state index is 6.20. The van der Waals surface area contributed by atoms with Crippen LogP contribution >= 0.6 is 11.5 Å². The molecule has 1 aliphatic rings. The highest BCUT2D eigenvalue weighted by atomic mass is 35.5. The van der Waals surface area contributed by atoms with Crippen molar-refractivity contribution in [2.75, 3.05) is 0 Å². The molecule has 0 saturated heterocycles. The fraction of sp³-hybridized carbons (Fsp3) is 0.143. The number of benzene rings is 1. The van der Waals surface area contributed by atoms with Crippen LogP contribution in [0.4, 0.5) is 0 Å². The molecule has 1 atom stereocenters. The van der Waals surface area contributed by atoms with E-state index < -0.39 is 5.36 Å². The number of halogens is 1. The standard InChI is InChI=1S/C7H9BClOSi/c9-8(11)7-4-2-1-3-6(7)5-10-8/h1-4H,5H2,11H3/q-1. The second kappa shape index (κ2) is 2.37. The van der Waals surface area contributed by atoms with Gasteiger partial charge in [-0.2, -0.15) is 5.46 Å². The van der Waals surface area contributed by atoms with Crippen LogP contribution in [0.3, 0.4) is 0 Å². The van der Waals surface area contributed by atoms with Crippen LogP contribution in [0.5, 0.6) is 0 Å². The second-order valence-corrected chi connectivity index (χ2v) is 6.26. The third-order valence-electron chi connectivity index (χ3n) is 2.16. The van der Waals surface area contributed by atoms with Gasteiger partial charge in [-0.15, -0.1) is 0 Å². The molecule has 0 bridgehead atoms. The van der Waals surface area contributed by atoms with E-state index in [-0.39, 0.29) is 0 Å². The highest BCUT2D eigenvalue weighted by Crippen LogP contribution is 2.19. The van der Waals surface area contributed by atoms with Gasteiger partial charge in [0.1, 0.15) is 0 Å². The van der Waals surface area contributed by atoms with E-state index in [1.165, 1.54) is 11.0 Å². The maximum absolute atomic E-state index is 6.20. The van der Waals surface area contributed by atoms with Crippen LogP contribution < -0.4 is 5.46 Å². The van der Waals surface area contributed by atoms with E-state index in [0.717, 1.165) is 10.1 Å². The van der Waals surface area contributed by atoms with E-state index in [2.05, 4.69) is 12.1 Å². The Kier molecular flexibility index (Phi) is 1.60. The first-order valence-corrected chi connectivity index (χ1v) is 5.38. The Bertz CT molecular complexity index is 290. The van der Waals surface area contributed by atoms with Gasteiger partial charge in [0.2, 0.25) is 5.36 Å². The van der Waals surface area contributed by atoms with Crippen molar-refractivity contribution in [3.8, 4) is 0 Å². The van der Waals surface area contributed by atoms with E-state index in [9.17, 15) is 0 Å². The lowest BCUT2D eigenvalue weighted by molar-refractivity contribution is 0.335. The quantitative estimate of drug-likeness (QED) is 0.513. The first kappa shape index (κ1) is 7.40. The van der Waals surface area contributed by atoms with Crippen molar-refractivity contribution in [3.63, 3.8) is 0 Å². The largest absolute Gasteiger partial charge is 0.574 e. The summed E-state index contributed by atoms with van der Waals surface area (Å²) in [7, 11) is 0.894. The van der Waals surface area contributed by atoms with Crippen LogP contribution in [0.2, 0.25) is 0 Å². The second-order valence-electron chi connectivity index (χ2n) is 3.07. The van der Waals surface area contributed by atoms with Crippen LogP contribution in [0, 0.1) is 0 Å². The molecule has 0 radical (unpaired) electrons. The molecule has 1 heterocycles. The average Bonchev–Trinajstić information content (AvgIpc) is 2.29. The molecule has 0 fully saturated rings. The van der Waals surface area contributed by atoms with Crippen LogP contribution in [-0.2, 0) is 11.3 Å². The molecule has 0 spiro atoms. The third-order valence-corrected chi connectivity index (χ3v) is 3.48. The van der Waals surface area contributed by atoms with Gasteiger partial charge < -0.3 is 16.1 Å². The Morgan fingerprint density at radius 3 is 2.91 bits per heavy atom. The van der Waals surface area contributed by atoms with E-state index in [0.29, 0.717) is 6.61 Å². The van der Waals surface area contributed by atoms with Crippen molar-refractivity contribution in [1.82, 2.24) is 0 Å². The van der Waals surface area contributed by atoms with Crippen LogP contribution in [0.1, 0.15) is 5.56 Å². The zero-order chi connectivity index (χ0) is 7.90. The minimum atomic E-state index is -1.09. The minimum absolute atomic E-state index is 0.698. The first-order chi connectivity index (χ1) is 5.20. The fourth-order valence-electron chi connectivity index (χ4n) is 1.50. The lowest BCUT2D eigenvalue weighted by atomic mass is 9.83. The Morgan fingerprint density at radius 2 is 2.18 bits per heavy atom. The summed E-state index contributed by atoms with van der Waals surface area (Å²) in [5, 5.41) is -1.09. The number of rotatable bonds is 0. The predicted molar refractivity (Wildman–Crippen MR) is 52.4 cm³/mol. The summed E-state index contributed by atoms with van der Waals surface area (Å²) in [5.41, 5.74) is 2.48. The highest BCUT2D eigenvalue weighted by molar-refractivity contribution is 7.46. The van der Waals surface area contributed by atoms with Gasteiger partial charge >= 0.3 is 0 Å². The van der Waals surface area contributed by atoms with Crippen molar-refractivity contribution in [2.45, 2.75) is 6.61 Å². The summed E-state index contributed by atoms with van der Waals surface area (Å²) in [6.07, 6.45) is 0. The molecule has 1 aromatic carbocycles. The van der Waals surface area contributed by atoms with Gasteiger partial charge in [0, 0.05) is 6.61 Å². The van der Waals surface area contributed by atoms with Crippen LogP contribution in [0.25, 0.3) is 0 Å². The number of fused-ring (bicyclic) bond motifs is 1. The van der Waals surface area contributed by atoms with Gasteiger partial charge in [-0.3, -0.25) is 0 Å². The van der Waals surface area contributed by atoms with Gasteiger partial charge in [-0.25, -0.2) is 0 Å². The average molecular weight is 183 g/mol. The summed E-state index contributed by atoms with van der Waals surface area (Å²) in [4.78, 5) is 0. The molecule has 0 aromatic heterocycles. The van der Waals surface area contributed by atoms with E-state index in [1.54, 1.807) is 0 Å². The summed E-state index contributed by atoms with van der Waals surface area (Å²) in [5.74, 6) is 0. The van der Waals surface area contributed by atoms with Crippen molar-refractivity contribution in [3.05, 3.63) is 29.8 Å². The lowest BCUT2D eigenvalue weighted by Crippen LogP contribution is -2.42. The zero-order valence-corrected chi connectivity index (χ0v) is 9.14. The zero-order valence-electron chi connectivity index (χ0n) is 6.38. The SMILES string of the molecule is [SiH3][B-]1(Cl)OCc2ccccc21. The van der Waals surface area contributed by atoms with Crippen molar-refractivity contribution < 1.29 is 4.65 Å². The molecule has 0 saturated carbocycles. The lowest BCUT2D eigenvalue weighted by Gasteiger charge is -2.23. The highest BCUT2D eigenvalue weighted by Gasteiger charge is 2.25. The molecule has 1 unspecified atom stereocenters. The molecular formula is C7H9BClOSi-. The van der Waals surface area contributed by atoms with E-state index in [4.69, 9.17) is 16.1 Å². The first-order valence-electron chi connectivity index (χ1n) is 3.79. The molecule has 0 N–H and O–H groups in total. The molecule has 0 aliphatic carbocycles. The third kappa shape index (κ3) is 1.13. The Labute approximate surface area is 73.9 Å². The molecule has 2 rings (SSSR count). The summed E-state index contributed by atoms with van der Waals surface area (Å²) >= 11 is 6.20. The Balaban J connectivity index is 2.56. The van der Waals surface area contributed by atoms with Crippen molar-refractivity contribution >= 4 is 32.4 Å². The maximum Gasteiger partial charge on any atom is 0.209 e. The summed E-state index contributed by atoms with van der Waals surface area (Å²) in [6.45, 7) is 0.698. The van der Waals surface area contributed by atoms with Crippen LogP contribution in [-0.4, -0.2) is 15.5 Å². The number of hydrogen-bond acceptors (Lipinski definition) is 1. The van der Waals surface area contributed by atoms with E-state index in [1.807, 2.05) is 12.1 Å². The number of hydrogen-bond donors (Lipinski definition) is 0. The molecular weight excluding hydrogens is 174 g/mol. The molecule has 0 amide bonds. The normalized spacial score (nSPS) is 28.8. The fourth-order valence-corrected chi connectivity index (χ4v) is 2.51.